The smallest absolute Gasteiger partial charge is 0.0314 e. The highest BCUT2D eigenvalue weighted by Gasteiger charge is 2.14. The van der Waals surface area contributed by atoms with Gasteiger partial charge >= 0.3 is 0 Å². The van der Waals surface area contributed by atoms with E-state index in [2.05, 4.69) is 31.2 Å². The predicted octanol–water partition coefficient (Wildman–Crippen LogP) is 10.6. The van der Waals surface area contributed by atoms with E-state index in [1.54, 1.807) is 0 Å². The third-order valence-corrected chi connectivity index (χ3v) is 7.81. The van der Waals surface area contributed by atoms with E-state index in [-0.39, 0.29) is 0 Å². The molecule has 0 aromatic heterocycles. The van der Waals surface area contributed by atoms with Crippen LogP contribution in [-0.4, -0.2) is 0 Å². The first kappa shape index (κ1) is 30.3. The molecular weight excluding hydrogens is 436 g/mol. The first-order valence-corrected chi connectivity index (χ1v) is 15.4. The molecule has 0 aliphatic heterocycles. The number of nitrogen functional groups attached to an aromatic ring is 2. The van der Waals surface area contributed by atoms with Crippen molar-refractivity contribution in [3.05, 3.63) is 59.7 Å². The number of hydrogen-bond donors (Lipinski definition) is 2. The normalized spacial score (nSPS) is 13.8. The van der Waals surface area contributed by atoms with Crippen LogP contribution in [0.25, 0.3) is 0 Å². The number of benzene rings is 2. The Morgan fingerprint density at radius 3 is 1.42 bits per heavy atom. The zero-order valence-electron chi connectivity index (χ0n) is 23.5. The van der Waals surface area contributed by atoms with Gasteiger partial charge < -0.3 is 11.5 Å². The van der Waals surface area contributed by atoms with Crippen molar-refractivity contribution in [2.75, 3.05) is 11.5 Å². The van der Waals surface area contributed by atoms with Crippen molar-refractivity contribution in [1.29, 1.82) is 0 Å². The molecule has 4 N–H and O–H groups in total. The molecule has 2 aromatic rings. The first-order chi connectivity index (χ1) is 17.7. The molecule has 0 saturated heterocycles. The molecule has 0 heterocycles. The summed E-state index contributed by atoms with van der Waals surface area (Å²) in [6, 6.07) is 16.8. The first-order valence-electron chi connectivity index (χ1n) is 15.4. The lowest BCUT2D eigenvalue weighted by Gasteiger charge is -2.21. The van der Waals surface area contributed by atoms with Crippen LogP contribution >= 0.6 is 0 Å². The minimum Gasteiger partial charge on any atom is -0.399 e. The molecule has 1 fully saturated rings. The Bertz CT molecular complexity index is 744. The van der Waals surface area contributed by atoms with Gasteiger partial charge in [-0.15, -0.1) is 0 Å². The monoisotopic (exact) mass is 492 g/mol. The van der Waals surface area contributed by atoms with Crippen LogP contribution in [0, 0.1) is 0 Å². The highest BCUT2D eigenvalue weighted by atomic mass is 14.5. The van der Waals surface area contributed by atoms with Crippen molar-refractivity contribution in [1.82, 2.24) is 0 Å². The molecule has 0 unspecified atom stereocenters. The summed E-state index contributed by atoms with van der Waals surface area (Å²) in [7, 11) is 0. The Balaban J connectivity index is 0.000000293. The van der Waals surface area contributed by atoms with E-state index in [9.17, 15) is 0 Å². The average Bonchev–Trinajstić information content (AvgIpc) is 2.91. The van der Waals surface area contributed by atoms with Gasteiger partial charge in [-0.1, -0.05) is 134 Å². The lowest BCUT2D eigenvalue weighted by Crippen LogP contribution is -2.04. The minimum atomic E-state index is 0.800. The van der Waals surface area contributed by atoms with Crippen LogP contribution in [0.1, 0.15) is 146 Å². The summed E-state index contributed by atoms with van der Waals surface area (Å²) in [5.74, 6) is 0.800. The van der Waals surface area contributed by atoms with E-state index in [1.807, 2.05) is 24.3 Å². The van der Waals surface area contributed by atoms with Crippen LogP contribution in [0.2, 0.25) is 0 Å². The molecule has 0 spiro atoms. The fourth-order valence-electron chi connectivity index (χ4n) is 5.41. The number of anilines is 2. The Hall–Kier alpha value is -1.96. The third-order valence-electron chi connectivity index (χ3n) is 7.81. The van der Waals surface area contributed by atoms with E-state index in [4.69, 9.17) is 11.5 Å². The number of rotatable bonds is 16. The summed E-state index contributed by atoms with van der Waals surface area (Å²) in [4.78, 5) is 0. The summed E-state index contributed by atoms with van der Waals surface area (Å²) in [5.41, 5.74) is 16.0. The van der Waals surface area contributed by atoms with Gasteiger partial charge in [0.2, 0.25) is 0 Å². The molecule has 1 saturated carbocycles. The number of nitrogens with two attached hydrogens (primary N) is 2. The fraction of sp³-hybridized carbons (Fsp3) is 0.647. The molecule has 0 radical (unpaired) electrons. The lowest BCUT2D eigenvalue weighted by molar-refractivity contribution is 0.443. The summed E-state index contributed by atoms with van der Waals surface area (Å²) >= 11 is 0. The Morgan fingerprint density at radius 1 is 0.528 bits per heavy atom. The Morgan fingerprint density at radius 2 is 0.944 bits per heavy atom. The highest BCUT2D eigenvalue weighted by molar-refractivity contribution is 5.40. The van der Waals surface area contributed by atoms with Gasteiger partial charge in [-0.05, 0) is 67.0 Å². The van der Waals surface area contributed by atoms with Crippen LogP contribution in [0.3, 0.4) is 0 Å². The Labute approximate surface area is 223 Å². The van der Waals surface area contributed by atoms with Gasteiger partial charge in [0, 0.05) is 11.4 Å². The quantitative estimate of drug-likeness (QED) is 0.181. The zero-order valence-corrected chi connectivity index (χ0v) is 23.5. The summed E-state index contributed by atoms with van der Waals surface area (Å²) < 4.78 is 0. The van der Waals surface area contributed by atoms with Crippen molar-refractivity contribution < 1.29 is 0 Å². The molecule has 2 aromatic carbocycles. The topological polar surface area (TPSA) is 52.0 Å². The Kier molecular flexibility index (Phi) is 16.9. The van der Waals surface area contributed by atoms with Crippen molar-refractivity contribution in [3.8, 4) is 0 Å². The molecule has 1 aliphatic carbocycles. The van der Waals surface area contributed by atoms with Crippen molar-refractivity contribution >= 4 is 11.4 Å². The van der Waals surface area contributed by atoms with Gasteiger partial charge in [-0.2, -0.15) is 0 Å². The van der Waals surface area contributed by atoms with Gasteiger partial charge in [-0.3, -0.25) is 0 Å². The van der Waals surface area contributed by atoms with Gasteiger partial charge in [0.15, 0.2) is 0 Å². The van der Waals surface area contributed by atoms with E-state index in [1.165, 1.54) is 140 Å². The van der Waals surface area contributed by atoms with E-state index < -0.39 is 0 Å². The molecule has 2 nitrogen and oxygen atoms in total. The minimum absolute atomic E-state index is 0.800. The number of hydrogen-bond acceptors (Lipinski definition) is 2. The fourth-order valence-corrected chi connectivity index (χ4v) is 5.41. The summed E-state index contributed by atoms with van der Waals surface area (Å²) in [6.07, 6.45) is 28.1. The molecule has 3 rings (SSSR count). The van der Waals surface area contributed by atoms with Gasteiger partial charge in [0.25, 0.3) is 0 Å². The van der Waals surface area contributed by atoms with Gasteiger partial charge in [0.1, 0.15) is 0 Å². The average molecular weight is 493 g/mol. The van der Waals surface area contributed by atoms with Crippen LogP contribution < -0.4 is 11.5 Å². The van der Waals surface area contributed by atoms with Crippen molar-refractivity contribution in [2.45, 2.75) is 141 Å². The van der Waals surface area contributed by atoms with Crippen LogP contribution in [0.5, 0.6) is 0 Å². The molecule has 2 heteroatoms. The van der Waals surface area contributed by atoms with Gasteiger partial charge in [-0.25, -0.2) is 0 Å². The maximum atomic E-state index is 5.71. The number of unbranched alkanes of at least 4 members (excludes halogenated alkanes) is 13. The SMILES string of the molecule is CCCCCCCCCCCCCCCCc1ccc(N)cc1.Nc1ccc(C2CCCCC2)cc1. The highest BCUT2D eigenvalue weighted by Crippen LogP contribution is 2.32. The van der Waals surface area contributed by atoms with Crippen LogP contribution in [-0.2, 0) is 6.42 Å². The molecule has 36 heavy (non-hydrogen) atoms. The largest absolute Gasteiger partial charge is 0.399 e. The number of aryl methyl sites for hydroxylation is 1. The molecule has 1 aliphatic rings. The lowest BCUT2D eigenvalue weighted by atomic mass is 9.84. The zero-order chi connectivity index (χ0) is 25.7. The third kappa shape index (κ3) is 14.6. The van der Waals surface area contributed by atoms with Crippen LogP contribution in [0.15, 0.2) is 48.5 Å². The molecular formula is C34H56N2. The maximum Gasteiger partial charge on any atom is 0.0314 e. The standard InChI is InChI=1S/C22H39N.C12H17N/c1-2-3-4-5-6-7-8-9-10-11-12-13-14-15-16-21-17-19-22(23)20-18-21;13-12-8-6-11(7-9-12)10-4-2-1-3-5-10/h17-20H,2-16,23H2,1H3;6-10H,1-5,13H2. The molecule has 0 bridgehead atoms. The van der Waals surface area contributed by atoms with E-state index >= 15 is 0 Å². The predicted molar refractivity (Wildman–Crippen MR) is 162 cm³/mol. The van der Waals surface area contributed by atoms with Crippen molar-refractivity contribution in [3.63, 3.8) is 0 Å². The second kappa shape index (κ2) is 20.1. The summed E-state index contributed by atoms with van der Waals surface area (Å²) in [6.45, 7) is 2.29. The summed E-state index contributed by atoms with van der Waals surface area (Å²) in [5, 5.41) is 0. The molecule has 0 amide bonds. The maximum absolute atomic E-state index is 5.71. The van der Waals surface area contributed by atoms with Crippen molar-refractivity contribution in [2.24, 2.45) is 0 Å². The van der Waals surface area contributed by atoms with E-state index in [0.717, 1.165) is 17.3 Å². The second-order valence-electron chi connectivity index (χ2n) is 11.1. The molecule has 202 valence electrons. The van der Waals surface area contributed by atoms with E-state index in [0.29, 0.717) is 0 Å². The van der Waals surface area contributed by atoms with Crippen LogP contribution in [0.4, 0.5) is 11.4 Å². The molecule has 0 atom stereocenters. The second-order valence-corrected chi connectivity index (χ2v) is 11.1. The van der Waals surface area contributed by atoms with Gasteiger partial charge in [0.05, 0.1) is 0 Å².